The molecule has 0 bridgehead atoms. The van der Waals surface area contributed by atoms with Gasteiger partial charge in [-0.1, -0.05) is 23.7 Å². The number of anilines is 2. The summed E-state index contributed by atoms with van der Waals surface area (Å²) >= 11 is 6.15. The molecule has 2 aromatic carbocycles. The van der Waals surface area contributed by atoms with Crippen molar-refractivity contribution in [3.63, 3.8) is 0 Å². The van der Waals surface area contributed by atoms with E-state index in [1.54, 1.807) is 6.07 Å². The zero-order valence-corrected chi connectivity index (χ0v) is 34.2. The minimum absolute atomic E-state index is 0.0234. The number of amides is 2. The van der Waals surface area contributed by atoms with E-state index < -0.39 is 49.1 Å². The van der Waals surface area contributed by atoms with Crippen LogP contribution in [-0.4, -0.2) is 174 Å². The molecule has 4 saturated heterocycles. The molecule has 0 N–H and O–H groups in total. The monoisotopic (exact) mass is 944 g/mol. The van der Waals surface area contributed by atoms with Crippen LogP contribution in [0.1, 0.15) is 11.1 Å². The number of rotatable bonds is 8. The van der Waals surface area contributed by atoms with Crippen LogP contribution < -0.4 is 9.80 Å². The third kappa shape index (κ3) is 14.7. The fourth-order valence-electron chi connectivity index (χ4n) is 7.13. The molecule has 2 aromatic rings. The van der Waals surface area contributed by atoms with Gasteiger partial charge in [0, 0.05) is 108 Å². The second-order valence-electron chi connectivity index (χ2n) is 14.9. The van der Waals surface area contributed by atoms with E-state index in [4.69, 9.17) is 21.1 Å². The highest BCUT2D eigenvalue weighted by molar-refractivity contribution is 6.30. The van der Waals surface area contributed by atoms with Crippen molar-refractivity contribution in [1.82, 2.24) is 19.6 Å². The third-order valence-electron chi connectivity index (χ3n) is 10.4. The Bertz CT molecular complexity index is 1770. The molecule has 0 aromatic heterocycles. The van der Waals surface area contributed by atoms with Crippen LogP contribution in [-0.2, 0) is 32.0 Å². The van der Waals surface area contributed by atoms with Crippen molar-refractivity contribution in [3.8, 4) is 0 Å². The van der Waals surface area contributed by atoms with Gasteiger partial charge in [-0.25, -0.2) is 9.59 Å². The summed E-state index contributed by atoms with van der Waals surface area (Å²) in [5, 5.41) is 0.546. The first-order chi connectivity index (χ1) is 29.5. The number of hydrogen-bond acceptors (Lipinski definition) is 10. The maximum atomic E-state index is 12.6. The van der Waals surface area contributed by atoms with Gasteiger partial charge in [0.1, 0.15) is 0 Å². The zero-order valence-electron chi connectivity index (χ0n) is 33.5. The predicted octanol–water partition coefficient (Wildman–Crippen LogP) is 7.19. The number of ether oxygens (including phenoxy) is 4. The molecule has 4 fully saturated rings. The summed E-state index contributed by atoms with van der Waals surface area (Å²) < 4.78 is 169. The Morgan fingerprint density at radius 3 is 1.43 bits per heavy atom. The average molecular weight is 945 g/mol. The van der Waals surface area contributed by atoms with Crippen LogP contribution in [0.3, 0.4) is 0 Å². The van der Waals surface area contributed by atoms with E-state index in [0.29, 0.717) is 70.7 Å². The van der Waals surface area contributed by atoms with Gasteiger partial charge >= 0.3 is 36.9 Å². The maximum Gasteiger partial charge on any atom is 0.434 e. The molecule has 25 heteroatoms. The van der Waals surface area contributed by atoms with Gasteiger partial charge in [0.25, 0.3) is 12.2 Å². The number of carbonyl (C=O) groups excluding carboxylic acids is 2. The first kappa shape index (κ1) is 49.9. The topological polar surface area (TPSA) is 90.5 Å². The minimum Gasteiger partial charge on any atom is -0.426 e. The predicted molar refractivity (Wildman–Crippen MR) is 202 cm³/mol. The van der Waals surface area contributed by atoms with Crippen molar-refractivity contribution in [2.24, 2.45) is 0 Å². The Balaban J connectivity index is 0.000000238. The van der Waals surface area contributed by atoms with E-state index >= 15 is 0 Å². The molecule has 0 aliphatic carbocycles. The van der Waals surface area contributed by atoms with Crippen LogP contribution in [0.4, 0.5) is 73.6 Å². The molecule has 0 radical (unpaired) electrons. The molecule has 0 unspecified atom stereocenters. The summed E-state index contributed by atoms with van der Waals surface area (Å²) in [4.78, 5) is 33.8. The van der Waals surface area contributed by atoms with E-state index in [9.17, 15) is 62.3 Å². The maximum absolute atomic E-state index is 12.6. The summed E-state index contributed by atoms with van der Waals surface area (Å²) in [6, 6.07) is 13.4. The van der Waals surface area contributed by atoms with Gasteiger partial charge in [-0.15, -0.1) is 0 Å². The molecule has 0 spiro atoms. The van der Waals surface area contributed by atoms with Gasteiger partial charge in [-0.3, -0.25) is 9.80 Å². The standard InChI is InChI=1S/C19H22ClF6N3O3.C19H23F6N3O3/c20-14-1-2-15(28-7-9-31-10-8-28)13(11-14)12-27-3-5-29(6-4-27)17(30)32-16(18(21,22)23)19(24,25)26;20-18(21,22)16(19(23,24)25)31-17(29)28-6-4-26(5-7-28)13-14-2-1-3-15(12-14)27-8-10-30-11-9-27/h1-2,11,16H,3-10,12H2;1-3,12,16H,4-11,13H2. The molecule has 4 aliphatic rings. The van der Waals surface area contributed by atoms with E-state index in [0.717, 1.165) is 45.4 Å². The lowest BCUT2D eigenvalue weighted by Gasteiger charge is -2.36. The van der Waals surface area contributed by atoms with Crippen LogP contribution in [0, 0.1) is 0 Å². The lowest BCUT2D eigenvalue weighted by atomic mass is 10.1. The quantitative estimate of drug-likeness (QED) is 0.254. The van der Waals surface area contributed by atoms with Crippen LogP contribution in [0.2, 0.25) is 5.02 Å². The van der Waals surface area contributed by atoms with Crippen molar-refractivity contribution in [1.29, 1.82) is 0 Å². The van der Waals surface area contributed by atoms with Crippen LogP contribution in [0.25, 0.3) is 0 Å². The molecular formula is C38H45ClF12N6O6. The minimum atomic E-state index is -5.74. The Kier molecular flexibility index (Phi) is 16.8. The van der Waals surface area contributed by atoms with Crippen molar-refractivity contribution >= 4 is 35.2 Å². The molecule has 0 saturated carbocycles. The molecule has 0 atom stereocenters. The molecule has 12 nitrogen and oxygen atoms in total. The van der Waals surface area contributed by atoms with Crippen LogP contribution in [0.5, 0.6) is 0 Å². The van der Waals surface area contributed by atoms with Gasteiger partial charge in [-0.2, -0.15) is 52.7 Å². The summed E-state index contributed by atoms with van der Waals surface area (Å²) in [5.41, 5.74) is 4.00. The highest BCUT2D eigenvalue weighted by Gasteiger charge is 2.61. The van der Waals surface area contributed by atoms with Gasteiger partial charge in [-0.05, 0) is 41.5 Å². The lowest BCUT2D eigenvalue weighted by molar-refractivity contribution is -0.309. The van der Waals surface area contributed by atoms with Gasteiger partial charge in [0.15, 0.2) is 0 Å². The van der Waals surface area contributed by atoms with Crippen LogP contribution in [0.15, 0.2) is 42.5 Å². The summed E-state index contributed by atoms with van der Waals surface area (Å²) in [6.07, 6.45) is -34.5. The van der Waals surface area contributed by atoms with E-state index in [1.807, 2.05) is 46.2 Å². The number of piperazine rings is 2. The second-order valence-corrected chi connectivity index (χ2v) is 15.3. The Morgan fingerprint density at radius 2 is 0.984 bits per heavy atom. The highest BCUT2D eigenvalue weighted by Crippen LogP contribution is 2.37. The number of hydrogen-bond donors (Lipinski definition) is 0. The van der Waals surface area contributed by atoms with Gasteiger partial charge in [0.05, 0.1) is 26.4 Å². The first-order valence-electron chi connectivity index (χ1n) is 19.6. The SMILES string of the molecule is O=C(OC(C(F)(F)F)C(F)(F)F)N1CCN(Cc2cc(Cl)ccc2N2CCOCC2)CC1.O=C(OC(C(F)(F)F)C(F)(F)F)N1CCN(Cc2cccc(N3CCOCC3)c2)CC1. The lowest BCUT2D eigenvalue weighted by Crippen LogP contribution is -2.52. The number of carbonyl (C=O) groups is 2. The molecule has 4 heterocycles. The van der Waals surface area contributed by atoms with Crippen molar-refractivity contribution in [2.45, 2.75) is 50.0 Å². The number of alkyl halides is 12. The zero-order chi connectivity index (χ0) is 46.2. The summed E-state index contributed by atoms with van der Waals surface area (Å²) in [6.45, 7) is 7.50. The second kappa shape index (κ2) is 21.2. The molecule has 354 valence electrons. The Labute approximate surface area is 359 Å². The average Bonchev–Trinajstić information content (AvgIpc) is 3.22. The number of nitrogens with zero attached hydrogens (tertiary/aromatic N) is 6. The fraction of sp³-hybridized carbons (Fsp3) is 0.632. The van der Waals surface area contributed by atoms with Gasteiger partial charge in [0.2, 0.25) is 0 Å². The third-order valence-corrected chi connectivity index (χ3v) is 10.6. The molecule has 63 heavy (non-hydrogen) atoms. The normalized spacial score (nSPS) is 19.0. The first-order valence-corrected chi connectivity index (χ1v) is 20.0. The van der Waals surface area contributed by atoms with Gasteiger partial charge < -0.3 is 38.5 Å². The molecular weight excluding hydrogens is 900 g/mol. The summed E-state index contributed by atoms with van der Waals surface area (Å²) in [5.74, 6) is 0. The number of benzene rings is 2. The largest absolute Gasteiger partial charge is 0.434 e. The number of halogens is 13. The number of morpholine rings is 2. The van der Waals surface area contributed by atoms with Crippen molar-refractivity contribution in [2.75, 3.05) is 115 Å². The molecule has 2 amide bonds. The molecule has 6 rings (SSSR count). The molecule has 4 aliphatic heterocycles. The van der Waals surface area contributed by atoms with E-state index in [1.165, 1.54) is 0 Å². The summed E-state index contributed by atoms with van der Waals surface area (Å²) in [7, 11) is 0. The van der Waals surface area contributed by atoms with Crippen molar-refractivity contribution in [3.05, 3.63) is 58.6 Å². The fourth-order valence-corrected chi connectivity index (χ4v) is 7.33. The smallest absolute Gasteiger partial charge is 0.426 e. The van der Waals surface area contributed by atoms with E-state index in [-0.39, 0.29) is 39.3 Å². The highest BCUT2D eigenvalue weighted by atomic mass is 35.5. The Hall–Kier alpha value is -4.13. The Morgan fingerprint density at radius 1 is 0.556 bits per heavy atom. The van der Waals surface area contributed by atoms with Crippen molar-refractivity contribution < 1.29 is 81.2 Å². The van der Waals surface area contributed by atoms with Crippen LogP contribution >= 0.6 is 11.6 Å². The van der Waals surface area contributed by atoms with E-state index in [2.05, 4.69) is 19.3 Å².